The van der Waals surface area contributed by atoms with Gasteiger partial charge in [-0.2, -0.15) is 0 Å². The van der Waals surface area contributed by atoms with E-state index in [1.54, 1.807) is 6.07 Å². The lowest BCUT2D eigenvalue weighted by Gasteiger charge is -2.36. The number of aromatic nitrogens is 1. The number of nitrogens with zero attached hydrogens (tertiary/aromatic N) is 3. The first-order valence-corrected chi connectivity index (χ1v) is 11.4. The molecule has 0 spiro atoms. The number of hydrogen-bond acceptors (Lipinski definition) is 5. The van der Waals surface area contributed by atoms with Gasteiger partial charge in [0.25, 0.3) is 5.91 Å². The Labute approximate surface area is 190 Å². The molecule has 1 saturated heterocycles. The van der Waals surface area contributed by atoms with Crippen molar-refractivity contribution in [3.8, 4) is 11.3 Å². The van der Waals surface area contributed by atoms with E-state index in [4.69, 9.17) is 4.52 Å². The summed E-state index contributed by atoms with van der Waals surface area (Å²) in [4.78, 5) is 17.3. The van der Waals surface area contributed by atoms with Crippen molar-refractivity contribution in [2.24, 2.45) is 0 Å². The predicted molar refractivity (Wildman–Crippen MR) is 128 cm³/mol. The number of aryl methyl sites for hydroxylation is 2. The van der Waals surface area contributed by atoms with Gasteiger partial charge in [-0.3, -0.25) is 9.69 Å². The Kier molecular flexibility index (Phi) is 7.22. The van der Waals surface area contributed by atoms with E-state index in [1.165, 1.54) is 16.8 Å². The molecule has 4 rings (SSSR count). The standard InChI is InChI=1S/C26H32N4O2/c1-20-8-10-22(11-9-20)24-19-25(32-28-24)26(31)27-12-3-4-13-29-14-16-30(17-15-29)23-7-5-6-21(2)18-23/h5-11,18-19H,3-4,12-17H2,1-2H3,(H,27,31). The summed E-state index contributed by atoms with van der Waals surface area (Å²) in [6.45, 7) is 10.2. The Hall–Kier alpha value is -3.12. The molecule has 0 radical (unpaired) electrons. The molecule has 1 aliphatic heterocycles. The van der Waals surface area contributed by atoms with Crippen LogP contribution in [0.15, 0.2) is 59.1 Å². The summed E-state index contributed by atoms with van der Waals surface area (Å²) in [7, 11) is 0. The molecular weight excluding hydrogens is 400 g/mol. The minimum absolute atomic E-state index is 0.206. The monoisotopic (exact) mass is 432 g/mol. The highest BCUT2D eigenvalue weighted by molar-refractivity contribution is 5.92. The number of rotatable bonds is 8. The van der Waals surface area contributed by atoms with Crippen LogP contribution in [0, 0.1) is 13.8 Å². The number of amides is 1. The molecule has 1 fully saturated rings. The van der Waals surface area contributed by atoms with Crippen molar-refractivity contribution in [3.63, 3.8) is 0 Å². The lowest BCUT2D eigenvalue weighted by atomic mass is 10.1. The Morgan fingerprint density at radius 2 is 1.75 bits per heavy atom. The summed E-state index contributed by atoms with van der Waals surface area (Å²) >= 11 is 0. The van der Waals surface area contributed by atoms with Gasteiger partial charge in [-0.05, 0) is 50.9 Å². The van der Waals surface area contributed by atoms with E-state index < -0.39 is 0 Å². The van der Waals surface area contributed by atoms with Crippen molar-refractivity contribution in [2.75, 3.05) is 44.2 Å². The van der Waals surface area contributed by atoms with Gasteiger partial charge in [0.15, 0.2) is 0 Å². The third-order valence-electron chi connectivity index (χ3n) is 6.01. The van der Waals surface area contributed by atoms with Gasteiger partial charge in [-0.1, -0.05) is 47.1 Å². The molecule has 0 unspecified atom stereocenters. The molecule has 168 valence electrons. The van der Waals surface area contributed by atoms with Crippen LogP contribution < -0.4 is 10.2 Å². The first-order chi connectivity index (χ1) is 15.6. The Balaban J connectivity index is 1.13. The van der Waals surface area contributed by atoms with E-state index in [0.717, 1.165) is 51.1 Å². The molecular formula is C26H32N4O2. The fraction of sp³-hybridized carbons (Fsp3) is 0.385. The van der Waals surface area contributed by atoms with Crippen molar-refractivity contribution in [3.05, 3.63) is 71.5 Å². The van der Waals surface area contributed by atoms with Crippen molar-refractivity contribution in [1.82, 2.24) is 15.4 Å². The number of carbonyl (C=O) groups excluding carboxylic acids is 1. The fourth-order valence-electron chi connectivity index (χ4n) is 4.05. The second-order valence-corrected chi connectivity index (χ2v) is 8.57. The molecule has 2 aromatic carbocycles. The molecule has 0 atom stereocenters. The van der Waals surface area contributed by atoms with Crippen LogP contribution in [-0.2, 0) is 0 Å². The summed E-state index contributed by atoms with van der Waals surface area (Å²) in [5, 5.41) is 6.97. The van der Waals surface area contributed by atoms with E-state index in [1.807, 2.05) is 31.2 Å². The molecule has 3 aromatic rings. The van der Waals surface area contributed by atoms with E-state index in [-0.39, 0.29) is 11.7 Å². The molecule has 6 heteroatoms. The summed E-state index contributed by atoms with van der Waals surface area (Å²) in [5.41, 5.74) is 5.44. The zero-order valence-corrected chi connectivity index (χ0v) is 19.0. The number of benzene rings is 2. The van der Waals surface area contributed by atoms with Gasteiger partial charge < -0.3 is 14.7 Å². The van der Waals surface area contributed by atoms with E-state index in [0.29, 0.717) is 12.2 Å². The highest BCUT2D eigenvalue weighted by Crippen LogP contribution is 2.20. The van der Waals surface area contributed by atoms with Crippen LogP contribution in [0.1, 0.15) is 34.5 Å². The van der Waals surface area contributed by atoms with Crippen molar-refractivity contribution in [1.29, 1.82) is 0 Å². The van der Waals surface area contributed by atoms with Crippen molar-refractivity contribution in [2.45, 2.75) is 26.7 Å². The lowest BCUT2D eigenvalue weighted by molar-refractivity contribution is 0.0915. The molecule has 1 N–H and O–H groups in total. The van der Waals surface area contributed by atoms with Gasteiger partial charge in [-0.15, -0.1) is 0 Å². The Bertz CT molecular complexity index is 1020. The quantitative estimate of drug-likeness (QED) is 0.538. The third kappa shape index (κ3) is 5.77. The van der Waals surface area contributed by atoms with Crippen LogP contribution >= 0.6 is 0 Å². The zero-order chi connectivity index (χ0) is 22.3. The van der Waals surface area contributed by atoms with Gasteiger partial charge >= 0.3 is 0 Å². The van der Waals surface area contributed by atoms with E-state index >= 15 is 0 Å². The summed E-state index contributed by atoms with van der Waals surface area (Å²) in [6.07, 6.45) is 2.01. The number of hydrogen-bond donors (Lipinski definition) is 1. The molecule has 0 saturated carbocycles. The highest BCUT2D eigenvalue weighted by atomic mass is 16.5. The minimum atomic E-state index is -0.206. The molecule has 2 heterocycles. The predicted octanol–water partition coefficient (Wildman–Crippen LogP) is 4.29. The lowest BCUT2D eigenvalue weighted by Crippen LogP contribution is -2.46. The molecule has 1 aliphatic rings. The molecule has 1 amide bonds. The second kappa shape index (κ2) is 10.5. The smallest absolute Gasteiger partial charge is 0.289 e. The normalized spacial score (nSPS) is 14.5. The van der Waals surface area contributed by atoms with Crippen LogP contribution in [0.2, 0.25) is 0 Å². The van der Waals surface area contributed by atoms with Gasteiger partial charge in [0.05, 0.1) is 0 Å². The van der Waals surface area contributed by atoms with Crippen LogP contribution in [0.25, 0.3) is 11.3 Å². The highest BCUT2D eigenvalue weighted by Gasteiger charge is 2.17. The molecule has 6 nitrogen and oxygen atoms in total. The van der Waals surface area contributed by atoms with Gasteiger partial charge in [0, 0.05) is 50.0 Å². The first-order valence-electron chi connectivity index (χ1n) is 11.4. The topological polar surface area (TPSA) is 61.6 Å². The molecule has 32 heavy (non-hydrogen) atoms. The van der Waals surface area contributed by atoms with Crippen LogP contribution in [-0.4, -0.2) is 55.2 Å². The maximum atomic E-state index is 12.3. The Morgan fingerprint density at radius 1 is 0.969 bits per heavy atom. The number of anilines is 1. The summed E-state index contributed by atoms with van der Waals surface area (Å²) < 4.78 is 5.24. The number of nitrogens with one attached hydrogen (secondary N) is 1. The van der Waals surface area contributed by atoms with Crippen molar-refractivity contribution >= 4 is 11.6 Å². The van der Waals surface area contributed by atoms with E-state index in [2.05, 4.69) is 51.5 Å². The maximum absolute atomic E-state index is 12.3. The summed E-state index contributed by atoms with van der Waals surface area (Å²) in [5.74, 6) is 0.0514. The fourth-order valence-corrected chi connectivity index (χ4v) is 4.05. The molecule has 0 bridgehead atoms. The van der Waals surface area contributed by atoms with Crippen LogP contribution in [0.3, 0.4) is 0 Å². The van der Waals surface area contributed by atoms with Gasteiger partial charge in [0.2, 0.25) is 5.76 Å². The average Bonchev–Trinajstić information content (AvgIpc) is 3.30. The van der Waals surface area contributed by atoms with Crippen molar-refractivity contribution < 1.29 is 9.32 Å². The van der Waals surface area contributed by atoms with Gasteiger partial charge in [0.1, 0.15) is 5.69 Å². The SMILES string of the molecule is Cc1ccc(-c2cc(C(=O)NCCCCN3CCN(c4cccc(C)c4)CC3)on2)cc1. The molecule has 1 aromatic heterocycles. The minimum Gasteiger partial charge on any atom is -0.369 e. The largest absolute Gasteiger partial charge is 0.369 e. The number of carbonyl (C=O) groups is 1. The maximum Gasteiger partial charge on any atom is 0.289 e. The molecule has 0 aliphatic carbocycles. The second-order valence-electron chi connectivity index (χ2n) is 8.57. The number of piperazine rings is 1. The zero-order valence-electron chi connectivity index (χ0n) is 19.0. The summed E-state index contributed by atoms with van der Waals surface area (Å²) in [6, 6.07) is 18.4. The average molecular weight is 433 g/mol. The Morgan fingerprint density at radius 3 is 2.50 bits per heavy atom. The third-order valence-corrected chi connectivity index (χ3v) is 6.01. The number of unbranched alkanes of at least 4 members (excludes halogenated alkanes) is 1. The van der Waals surface area contributed by atoms with Crippen LogP contribution in [0.4, 0.5) is 5.69 Å². The van der Waals surface area contributed by atoms with Crippen LogP contribution in [0.5, 0.6) is 0 Å². The first kappa shape index (κ1) is 22.1. The van der Waals surface area contributed by atoms with Gasteiger partial charge in [-0.25, -0.2) is 0 Å². The van der Waals surface area contributed by atoms with E-state index in [9.17, 15) is 4.79 Å².